The number of rotatable bonds is 0. The molecule has 0 unspecified atom stereocenters. The SMILES string of the molecule is C=[n+]1cccc/c1=C1\C=CC=CN1[CH2-]. The van der Waals surface area contributed by atoms with Gasteiger partial charge in [-0.05, 0) is 24.4 Å². The minimum atomic E-state index is 1.04. The fraction of sp³-hybridized carbons (Fsp3) is 0. The molecule has 0 amide bonds. The van der Waals surface area contributed by atoms with Gasteiger partial charge < -0.3 is 4.90 Å². The first-order valence-corrected chi connectivity index (χ1v) is 4.42. The molecule has 0 aromatic carbocycles. The summed E-state index contributed by atoms with van der Waals surface area (Å²) in [5, 5.41) is 1.04. The molecule has 14 heavy (non-hydrogen) atoms. The van der Waals surface area contributed by atoms with E-state index >= 15 is 0 Å². The summed E-state index contributed by atoms with van der Waals surface area (Å²) in [7, 11) is 3.91. The lowest BCUT2D eigenvalue weighted by molar-refractivity contribution is -0.514. The molecule has 70 valence electrons. The summed E-state index contributed by atoms with van der Waals surface area (Å²) in [4.78, 5) is 1.83. The normalized spacial score (nSPS) is 18.8. The molecule has 2 heterocycles. The highest BCUT2D eigenvalue weighted by atomic mass is 15.1. The largest absolute Gasteiger partial charge is 0.498 e. The van der Waals surface area contributed by atoms with E-state index in [1.807, 2.05) is 58.0 Å². The van der Waals surface area contributed by atoms with Crippen LogP contribution in [0.3, 0.4) is 0 Å². The molecule has 0 fully saturated rings. The van der Waals surface area contributed by atoms with Crippen molar-refractivity contribution < 1.29 is 4.24 Å². The quantitative estimate of drug-likeness (QED) is 0.430. The number of pyridine rings is 1. The second-order valence-corrected chi connectivity index (χ2v) is 3.11. The number of hydrogen-bond acceptors (Lipinski definition) is 1. The van der Waals surface area contributed by atoms with Crippen LogP contribution in [0, 0.1) is 13.8 Å². The Morgan fingerprint density at radius 2 is 2.14 bits per heavy atom. The highest BCUT2D eigenvalue weighted by Crippen LogP contribution is 2.08. The number of allylic oxidation sites excluding steroid dienone is 2. The molecule has 2 nitrogen and oxygen atoms in total. The number of aromatic nitrogens is 1. The summed E-state index contributed by atoms with van der Waals surface area (Å²) < 4.78 is 1.83. The summed E-state index contributed by atoms with van der Waals surface area (Å²) in [5.74, 6) is 0. The van der Waals surface area contributed by atoms with E-state index in [0.29, 0.717) is 0 Å². The first kappa shape index (κ1) is 8.75. The third-order valence-electron chi connectivity index (χ3n) is 2.14. The van der Waals surface area contributed by atoms with Gasteiger partial charge in [0, 0.05) is 12.1 Å². The summed E-state index contributed by atoms with van der Waals surface area (Å²) in [6.45, 7) is 3.91. The van der Waals surface area contributed by atoms with Gasteiger partial charge in [0.2, 0.25) is 5.35 Å². The van der Waals surface area contributed by atoms with Crippen molar-refractivity contribution in [1.29, 1.82) is 0 Å². The molecule has 2 rings (SSSR count). The zero-order valence-corrected chi connectivity index (χ0v) is 7.93. The lowest BCUT2D eigenvalue weighted by Crippen LogP contribution is -2.38. The van der Waals surface area contributed by atoms with Crippen LogP contribution in [-0.4, -0.2) is 4.90 Å². The third-order valence-corrected chi connectivity index (χ3v) is 2.14. The van der Waals surface area contributed by atoms with Gasteiger partial charge in [-0.25, -0.2) is 0 Å². The molecule has 0 bridgehead atoms. The molecule has 0 atom stereocenters. The molecular formula is C12H12N2. The van der Waals surface area contributed by atoms with Crippen LogP contribution in [0.15, 0.2) is 48.8 Å². The lowest BCUT2D eigenvalue weighted by Gasteiger charge is -2.24. The van der Waals surface area contributed by atoms with Gasteiger partial charge >= 0.3 is 0 Å². The van der Waals surface area contributed by atoms with Crippen LogP contribution in [0.25, 0.3) is 5.70 Å². The maximum Gasteiger partial charge on any atom is 0.231 e. The average Bonchev–Trinajstić information content (AvgIpc) is 2.20. The van der Waals surface area contributed by atoms with Crippen molar-refractivity contribution in [2.24, 2.45) is 0 Å². The van der Waals surface area contributed by atoms with Gasteiger partial charge in [0.1, 0.15) is 6.72 Å². The molecule has 0 saturated heterocycles. The van der Waals surface area contributed by atoms with E-state index < -0.39 is 0 Å². The van der Waals surface area contributed by atoms with E-state index in [2.05, 4.69) is 13.8 Å². The summed E-state index contributed by atoms with van der Waals surface area (Å²) in [6.07, 6.45) is 9.80. The van der Waals surface area contributed by atoms with E-state index in [0.717, 1.165) is 11.0 Å². The predicted octanol–water partition coefficient (Wildman–Crippen LogP) is 0.899. The Morgan fingerprint density at radius 3 is 2.86 bits per heavy atom. The minimum absolute atomic E-state index is 1.04. The average molecular weight is 184 g/mol. The summed E-state index contributed by atoms with van der Waals surface area (Å²) in [6, 6.07) is 5.96. The topological polar surface area (TPSA) is 9.14 Å². The van der Waals surface area contributed by atoms with Gasteiger partial charge in [-0.1, -0.05) is 6.08 Å². The molecule has 0 saturated carbocycles. The van der Waals surface area contributed by atoms with Gasteiger partial charge in [0.05, 0.1) is 5.70 Å². The predicted molar refractivity (Wildman–Crippen MR) is 55.9 cm³/mol. The molecule has 1 aromatic heterocycles. The van der Waals surface area contributed by atoms with Gasteiger partial charge in [0.25, 0.3) is 0 Å². The Balaban J connectivity index is 2.72. The van der Waals surface area contributed by atoms with E-state index in [1.165, 1.54) is 0 Å². The summed E-state index contributed by atoms with van der Waals surface area (Å²) in [5.41, 5.74) is 1.04. The number of hydrogen-bond donors (Lipinski definition) is 0. The Labute approximate surface area is 83.4 Å². The molecule has 1 aliphatic rings. The second kappa shape index (κ2) is 3.50. The zero-order chi connectivity index (χ0) is 9.97. The van der Waals surface area contributed by atoms with Gasteiger partial charge in [-0.15, -0.1) is 0 Å². The Bertz CT molecular complexity index is 497. The van der Waals surface area contributed by atoms with Gasteiger partial charge in [-0.3, -0.25) is 7.05 Å². The number of nitrogens with zero attached hydrogens (tertiary/aromatic N) is 2. The van der Waals surface area contributed by atoms with Crippen molar-refractivity contribution in [3.8, 4) is 0 Å². The fourth-order valence-electron chi connectivity index (χ4n) is 1.42. The Kier molecular flexibility index (Phi) is 2.19. The Hall–Kier alpha value is -1.83. The van der Waals surface area contributed by atoms with Crippen LogP contribution in [0.2, 0.25) is 0 Å². The fourth-order valence-corrected chi connectivity index (χ4v) is 1.42. The first-order chi connectivity index (χ1) is 6.79. The molecule has 0 radical (unpaired) electrons. The molecule has 0 spiro atoms. The van der Waals surface area contributed by atoms with Crippen molar-refractivity contribution in [2.75, 3.05) is 0 Å². The van der Waals surface area contributed by atoms with Crippen molar-refractivity contribution >= 4 is 5.70 Å². The van der Waals surface area contributed by atoms with Crippen molar-refractivity contribution in [3.63, 3.8) is 0 Å². The van der Waals surface area contributed by atoms with Crippen LogP contribution in [-0.2, 0) is 0 Å². The summed E-state index contributed by atoms with van der Waals surface area (Å²) >= 11 is 0. The second-order valence-electron chi connectivity index (χ2n) is 3.11. The van der Waals surface area contributed by atoms with Gasteiger partial charge in [-0.2, -0.15) is 4.24 Å². The van der Waals surface area contributed by atoms with E-state index in [9.17, 15) is 0 Å². The van der Waals surface area contributed by atoms with Crippen LogP contribution < -0.4 is 9.59 Å². The highest BCUT2D eigenvalue weighted by molar-refractivity contribution is 5.56. The molecule has 1 aromatic rings. The highest BCUT2D eigenvalue weighted by Gasteiger charge is 2.02. The van der Waals surface area contributed by atoms with E-state index in [1.54, 1.807) is 0 Å². The Morgan fingerprint density at radius 1 is 1.29 bits per heavy atom. The minimum Gasteiger partial charge on any atom is -0.498 e. The maximum atomic E-state index is 3.91. The smallest absolute Gasteiger partial charge is 0.231 e. The monoisotopic (exact) mass is 184 g/mol. The lowest BCUT2D eigenvalue weighted by atomic mass is 10.2. The standard InChI is InChI=1S/C12H12N2/c1-13-9-5-3-7-11(13)12-8-4-6-10-14(12)2/h3-10H,1-2H2/b12-11-. The third kappa shape index (κ3) is 1.46. The van der Waals surface area contributed by atoms with Crippen LogP contribution in [0.4, 0.5) is 0 Å². The first-order valence-electron chi connectivity index (χ1n) is 4.42. The molecular weight excluding hydrogens is 172 g/mol. The molecule has 1 aliphatic heterocycles. The molecule has 0 aliphatic carbocycles. The van der Waals surface area contributed by atoms with Gasteiger partial charge in [0.15, 0.2) is 6.20 Å². The van der Waals surface area contributed by atoms with Crippen molar-refractivity contribution in [3.05, 3.63) is 67.9 Å². The zero-order valence-electron chi connectivity index (χ0n) is 7.93. The maximum absolute atomic E-state index is 3.91. The van der Waals surface area contributed by atoms with Crippen molar-refractivity contribution in [2.45, 2.75) is 0 Å². The van der Waals surface area contributed by atoms with E-state index in [4.69, 9.17) is 0 Å². The van der Waals surface area contributed by atoms with E-state index in [-0.39, 0.29) is 0 Å². The van der Waals surface area contributed by atoms with Crippen LogP contribution in [0.1, 0.15) is 0 Å². The van der Waals surface area contributed by atoms with Crippen molar-refractivity contribution in [1.82, 2.24) is 4.90 Å². The van der Waals surface area contributed by atoms with Crippen LogP contribution in [0.5, 0.6) is 0 Å². The molecule has 0 N–H and O–H groups in total. The van der Waals surface area contributed by atoms with Crippen LogP contribution >= 0.6 is 0 Å². The molecule has 2 heteroatoms.